The molecule has 0 spiro atoms. The van der Waals surface area contributed by atoms with Gasteiger partial charge in [0.15, 0.2) is 0 Å². The van der Waals surface area contributed by atoms with Crippen molar-refractivity contribution in [3.8, 4) is 16.8 Å². The lowest BCUT2D eigenvalue weighted by Crippen LogP contribution is -2.15. The zero-order valence-corrected chi connectivity index (χ0v) is 21.1. The average molecular weight is 505 g/mol. The number of pyridine rings is 1. The molecule has 5 rings (SSSR count). The van der Waals surface area contributed by atoms with Crippen molar-refractivity contribution in [3.63, 3.8) is 0 Å². The molecular weight excluding hydrogens is 476 g/mol. The van der Waals surface area contributed by atoms with E-state index in [9.17, 15) is 9.59 Å². The normalized spacial score (nSPS) is 10.9. The van der Waals surface area contributed by atoms with E-state index in [2.05, 4.69) is 15.4 Å². The number of ketones is 1. The standard InChI is InChI=1S/C30H28N6O2/c1-35-20-25(19-32-35)23-7-5-8-24(18-23)29(38)34-30-33-26(21-36(30)27-10-3-2-4-11-27)9-6-12-28(37)17-22-13-15-31-16-14-22/h2-5,7-8,10-11,13-16,18-21H,6,9,12,17H2,1H3,(H,33,34,38). The summed E-state index contributed by atoms with van der Waals surface area (Å²) in [7, 11) is 1.86. The maximum absolute atomic E-state index is 13.2. The molecule has 0 unspecified atom stereocenters. The molecule has 0 fully saturated rings. The minimum absolute atomic E-state index is 0.181. The Kier molecular flexibility index (Phi) is 7.49. The second-order valence-electron chi connectivity index (χ2n) is 9.12. The zero-order valence-electron chi connectivity index (χ0n) is 21.1. The predicted octanol–water partition coefficient (Wildman–Crippen LogP) is 5.05. The Morgan fingerprint density at radius 1 is 0.921 bits per heavy atom. The number of aryl methyl sites for hydroxylation is 2. The Morgan fingerprint density at radius 3 is 2.50 bits per heavy atom. The van der Waals surface area contributed by atoms with Gasteiger partial charge in [0.25, 0.3) is 5.91 Å². The Morgan fingerprint density at radius 2 is 1.74 bits per heavy atom. The fourth-order valence-electron chi connectivity index (χ4n) is 4.29. The maximum Gasteiger partial charge on any atom is 0.258 e. The number of Topliss-reactive ketones (excluding diaryl/α,β-unsaturated/α-hetero) is 1. The third kappa shape index (κ3) is 6.10. The van der Waals surface area contributed by atoms with Gasteiger partial charge in [-0.1, -0.05) is 30.3 Å². The summed E-state index contributed by atoms with van der Waals surface area (Å²) >= 11 is 0. The first kappa shape index (κ1) is 24.8. The highest BCUT2D eigenvalue weighted by Crippen LogP contribution is 2.22. The van der Waals surface area contributed by atoms with Crippen LogP contribution in [0, 0.1) is 0 Å². The van der Waals surface area contributed by atoms with Crippen molar-refractivity contribution in [2.24, 2.45) is 7.05 Å². The number of nitrogens with one attached hydrogen (secondary N) is 1. The number of para-hydroxylation sites is 1. The number of anilines is 1. The zero-order chi connectivity index (χ0) is 26.3. The molecule has 0 bridgehead atoms. The molecule has 0 saturated carbocycles. The number of hydrogen-bond donors (Lipinski definition) is 1. The van der Waals surface area contributed by atoms with E-state index in [0.717, 1.165) is 28.1 Å². The van der Waals surface area contributed by atoms with Crippen molar-refractivity contribution in [3.05, 3.63) is 115 Å². The van der Waals surface area contributed by atoms with Crippen LogP contribution in [-0.2, 0) is 24.7 Å². The highest BCUT2D eigenvalue weighted by molar-refractivity contribution is 6.04. The second kappa shape index (κ2) is 11.5. The van der Waals surface area contributed by atoms with E-state index >= 15 is 0 Å². The van der Waals surface area contributed by atoms with Crippen molar-refractivity contribution in [1.82, 2.24) is 24.3 Å². The summed E-state index contributed by atoms with van der Waals surface area (Å²) in [6, 6.07) is 20.9. The summed E-state index contributed by atoms with van der Waals surface area (Å²) in [6.07, 6.45) is 11.2. The lowest BCUT2D eigenvalue weighted by molar-refractivity contribution is -0.118. The molecule has 38 heavy (non-hydrogen) atoms. The van der Waals surface area contributed by atoms with Crippen LogP contribution in [0.1, 0.15) is 34.5 Å². The quantitative estimate of drug-likeness (QED) is 0.287. The minimum Gasteiger partial charge on any atom is -0.299 e. The van der Waals surface area contributed by atoms with Gasteiger partial charge in [-0.3, -0.25) is 29.1 Å². The summed E-state index contributed by atoms with van der Waals surface area (Å²) < 4.78 is 3.60. The molecular formula is C30H28N6O2. The number of hydrogen-bond acceptors (Lipinski definition) is 5. The molecule has 0 radical (unpaired) electrons. The van der Waals surface area contributed by atoms with Crippen LogP contribution in [-0.4, -0.2) is 36.0 Å². The SMILES string of the molecule is Cn1cc(-c2cccc(C(=O)Nc3nc(CCCC(=O)Cc4ccncc4)cn3-c3ccccc3)c2)cn1. The largest absolute Gasteiger partial charge is 0.299 e. The van der Waals surface area contributed by atoms with E-state index in [1.54, 1.807) is 29.3 Å². The molecule has 0 aliphatic carbocycles. The van der Waals surface area contributed by atoms with Crippen molar-refractivity contribution < 1.29 is 9.59 Å². The molecule has 0 atom stereocenters. The van der Waals surface area contributed by atoms with Crippen LogP contribution in [0.2, 0.25) is 0 Å². The number of aromatic nitrogens is 5. The molecule has 0 saturated heterocycles. The predicted molar refractivity (Wildman–Crippen MR) is 146 cm³/mol. The van der Waals surface area contributed by atoms with Crippen LogP contribution < -0.4 is 5.32 Å². The molecule has 8 nitrogen and oxygen atoms in total. The molecule has 1 amide bonds. The van der Waals surface area contributed by atoms with Crippen molar-refractivity contribution >= 4 is 17.6 Å². The Labute approximate surface area is 221 Å². The van der Waals surface area contributed by atoms with Crippen molar-refractivity contribution in [2.45, 2.75) is 25.7 Å². The number of rotatable bonds is 10. The number of carbonyl (C=O) groups is 2. The molecule has 2 aromatic carbocycles. The topological polar surface area (TPSA) is 94.7 Å². The van der Waals surface area contributed by atoms with Gasteiger partial charge >= 0.3 is 0 Å². The van der Waals surface area contributed by atoms with Crippen LogP contribution in [0.15, 0.2) is 97.7 Å². The van der Waals surface area contributed by atoms with Gasteiger partial charge in [0.05, 0.1) is 11.9 Å². The molecule has 0 aliphatic rings. The van der Waals surface area contributed by atoms with Gasteiger partial charge < -0.3 is 0 Å². The average Bonchev–Trinajstić information content (AvgIpc) is 3.56. The maximum atomic E-state index is 13.2. The van der Waals surface area contributed by atoms with Crippen LogP contribution in [0.25, 0.3) is 16.8 Å². The first-order chi connectivity index (χ1) is 18.5. The smallest absolute Gasteiger partial charge is 0.258 e. The minimum atomic E-state index is -0.252. The fourth-order valence-corrected chi connectivity index (χ4v) is 4.29. The van der Waals surface area contributed by atoms with E-state index < -0.39 is 0 Å². The second-order valence-corrected chi connectivity index (χ2v) is 9.12. The molecule has 1 N–H and O–H groups in total. The first-order valence-corrected chi connectivity index (χ1v) is 12.5. The molecule has 190 valence electrons. The van der Waals surface area contributed by atoms with E-state index in [-0.39, 0.29) is 11.7 Å². The third-order valence-electron chi connectivity index (χ3n) is 6.22. The summed E-state index contributed by atoms with van der Waals surface area (Å²) in [4.78, 5) is 34.4. The number of imidazole rings is 1. The number of amides is 1. The van der Waals surface area contributed by atoms with Crippen molar-refractivity contribution in [2.75, 3.05) is 5.32 Å². The van der Waals surface area contributed by atoms with Gasteiger partial charge in [-0.05, 0) is 60.4 Å². The van der Waals surface area contributed by atoms with Crippen molar-refractivity contribution in [1.29, 1.82) is 0 Å². The van der Waals surface area contributed by atoms with Gasteiger partial charge in [0, 0.05) is 61.5 Å². The van der Waals surface area contributed by atoms with Crippen LogP contribution >= 0.6 is 0 Å². The molecule has 5 aromatic rings. The van der Waals surface area contributed by atoms with Crippen LogP contribution in [0.4, 0.5) is 5.95 Å². The highest BCUT2D eigenvalue weighted by atomic mass is 16.1. The van der Waals surface area contributed by atoms with E-state index in [0.29, 0.717) is 37.2 Å². The Balaban J connectivity index is 1.30. The summed E-state index contributed by atoms with van der Waals surface area (Å²) in [6.45, 7) is 0. The lowest BCUT2D eigenvalue weighted by Gasteiger charge is -2.09. The van der Waals surface area contributed by atoms with E-state index in [4.69, 9.17) is 4.98 Å². The number of carbonyl (C=O) groups excluding carboxylic acids is 2. The third-order valence-corrected chi connectivity index (χ3v) is 6.22. The monoisotopic (exact) mass is 504 g/mol. The van der Waals surface area contributed by atoms with Gasteiger partial charge in [-0.15, -0.1) is 0 Å². The Hall–Kier alpha value is -4.85. The molecule has 3 heterocycles. The number of benzene rings is 2. The van der Waals surface area contributed by atoms with Crippen LogP contribution in [0.5, 0.6) is 0 Å². The van der Waals surface area contributed by atoms with Gasteiger partial charge in [0.2, 0.25) is 5.95 Å². The van der Waals surface area contributed by atoms with Gasteiger partial charge in [-0.25, -0.2) is 4.98 Å². The summed E-state index contributed by atoms with van der Waals surface area (Å²) in [5.41, 5.74) is 5.04. The van der Waals surface area contributed by atoms with Gasteiger partial charge in [0.1, 0.15) is 5.78 Å². The Bertz CT molecular complexity index is 1540. The summed E-state index contributed by atoms with van der Waals surface area (Å²) in [5, 5.41) is 7.20. The lowest BCUT2D eigenvalue weighted by atomic mass is 10.1. The summed E-state index contributed by atoms with van der Waals surface area (Å²) in [5.74, 6) is 0.365. The van der Waals surface area contributed by atoms with Crippen LogP contribution in [0.3, 0.4) is 0 Å². The van der Waals surface area contributed by atoms with E-state index in [1.807, 2.05) is 84.7 Å². The highest BCUT2D eigenvalue weighted by Gasteiger charge is 2.15. The molecule has 8 heteroatoms. The fraction of sp³-hybridized carbons (Fsp3) is 0.167. The molecule has 0 aliphatic heterocycles. The first-order valence-electron chi connectivity index (χ1n) is 12.5. The molecule has 3 aromatic heterocycles. The van der Waals surface area contributed by atoms with Gasteiger partial charge in [-0.2, -0.15) is 5.10 Å². The van der Waals surface area contributed by atoms with E-state index in [1.165, 1.54) is 0 Å². The number of nitrogens with zero attached hydrogens (tertiary/aromatic N) is 5.